The maximum absolute atomic E-state index is 12.2. The molecule has 1 atom stereocenters. The van der Waals surface area contributed by atoms with Crippen molar-refractivity contribution in [3.8, 4) is 0 Å². The van der Waals surface area contributed by atoms with E-state index in [4.69, 9.17) is 15.2 Å². The van der Waals surface area contributed by atoms with Crippen molar-refractivity contribution >= 4 is 12.1 Å². The van der Waals surface area contributed by atoms with Crippen LogP contribution in [-0.2, 0) is 27.4 Å². The first-order chi connectivity index (χ1) is 12.7. The Hall–Kier alpha value is -2.93. The standard InChI is InChI=1S/C20H25N3O4/c1-20(2,3)27-19(25)23-12-15-9-10-22-16(11-15)17(21)18(24)26-13-14-7-5-4-6-8-14/h4-11,17H,12-13,21H2,1-3H3,(H,23,25). The van der Waals surface area contributed by atoms with E-state index in [9.17, 15) is 9.59 Å². The zero-order valence-corrected chi connectivity index (χ0v) is 15.8. The Morgan fingerprint density at radius 3 is 2.52 bits per heavy atom. The van der Waals surface area contributed by atoms with Crippen LogP contribution in [0.1, 0.15) is 43.6 Å². The predicted molar refractivity (Wildman–Crippen MR) is 100 cm³/mol. The van der Waals surface area contributed by atoms with Gasteiger partial charge in [0.2, 0.25) is 0 Å². The molecule has 1 aromatic carbocycles. The minimum absolute atomic E-state index is 0.146. The first-order valence-corrected chi connectivity index (χ1v) is 8.62. The molecule has 0 aliphatic carbocycles. The highest BCUT2D eigenvalue weighted by Crippen LogP contribution is 2.13. The molecule has 0 radical (unpaired) electrons. The molecular formula is C20H25N3O4. The lowest BCUT2D eigenvalue weighted by molar-refractivity contribution is -0.146. The Labute approximate surface area is 158 Å². The van der Waals surface area contributed by atoms with E-state index in [1.807, 2.05) is 30.3 Å². The van der Waals surface area contributed by atoms with Crippen LogP contribution in [0.25, 0.3) is 0 Å². The van der Waals surface area contributed by atoms with Gasteiger partial charge in [-0.25, -0.2) is 9.59 Å². The number of amides is 1. The zero-order chi connectivity index (χ0) is 19.9. The van der Waals surface area contributed by atoms with Crippen molar-refractivity contribution in [2.24, 2.45) is 5.73 Å². The number of nitrogens with two attached hydrogens (primary N) is 1. The summed E-state index contributed by atoms with van der Waals surface area (Å²) in [6.07, 6.45) is 1.01. The third-order valence-corrected chi connectivity index (χ3v) is 3.48. The molecule has 0 saturated carbocycles. The van der Waals surface area contributed by atoms with E-state index in [2.05, 4.69) is 10.3 Å². The van der Waals surface area contributed by atoms with Gasteiger partial charge in [0.15, 0.2) is 0 Å². The number of pyridine rings is 1. The molecule has 144 valence electrons. The molecular weight excluding hydrogens is 346 g/mol. The van der Waals surface area contributed by atoms with Gasteiger partial charge in [0.25, 0.3) is 0 Å². The van der Waals surface area contributed by atoms with E-state index >= 15 is 0 Å². The molecule has 1 heterocycles. The first kappa shape index (κ1) is 20.4. The number of hydrogen-bond donors (Lipinski definition) is 2. The highest BCUT2D eigenvalue weighted by atomic mass is 16.6. The topological polar surface area (TPSA) is 104 Å². The molecule has 0 bridgehead atoms. The van der Waals surface area contributed by atoms with Gasteiger partial charge in [0, 0.05) is 12.7 Å². The van der Waals surface area contributed by atoms with Gasteiger partial charge in [-0.2, -0.15) is 0 Å². The van der Waals surface area contributed by atoms with E-state index < -0.39 is 23.7 Å². The van der Waals surface area contributed by atoms with Crippen LogP contribution in [0.4, 0.5) is 4.79 Å². The lowest BCUT2D eigenvalue weighted by atomic mass is 10.1. The largest absolute Gasteiger partial charge is 0.459 e. The van der Waals surface area contributed by atoms with Gasteiger partial charge in [-0.3, -0.25) is 4.98 Å². The molecule has 1 aromatic heterocycles. The predicted octanol–water partition coefficient (Wildman–Crippen LogP) is 2.85. The van der Waals surface area contributed by atoms with Gasteiger partial charge < -0.3 is 20.5 Å². The minimum Gasteiger partial charge on any atom is -0.459 e. The molecule has 2 rings (SSSR count). The second kappa shape index (κ2) is 9.14. The number of benzene rings is 1. The van der Waals surface area contributed by atoms with Crippen LogP contribution in [0.2, 0.25) is 0 Å². The summed E-state index contributed by atoms with van der Waals surface area (Å²) in [6, 6.07) is 11.7. The molecule has 7 nitrogen and oxygen atoms in total. The smallest absolute Gasteiger partial charge is 0.407 e. The van der Waals surface area contributed by atoms with Gasteiger partial charge in [0.05, 0.1) is 5.69 Å². The number of nitrogens with one attached hydrogen (secondary N) is 1. The van der Waals surface area contributed by atoms with Crippen molar-refractivity contribution in [2.75, 3.05) is 0 Å². The molecule has 0 spiro atoms. The minimum atomic E-state index is -1.00. The molecule has 0 aliphatic rings. The number of carbonyl (C=O) groups excluding carboxylic acids is 2. The van der Waals surface area contributed by atoms with Crippen LogP contribution in [0, 0.1) is 0 Å². The molecule has 0 fully saturated rings. The normalized spacial score (nSPS) is 12.1. The van der Waals surface area contributed by atoms with Crippen molar-refractivity contribution in [1.29, 1.82) is 0 Å². The Bertz CT molecular complexity index is 772. The average molecular weight is 371 g/mol. The van der Waals surface area contributed by atoms with Crippen LogP contribution >= 0.6 is 0 Å². The van der Waals surface area contributed by atoms with Crippen LogP contribution in [-0.4, -0.2) is 22.6 Å². The van der Waals surface area contributed by atoms with Crippen LogP contribution < -0.4 is 11.1 Å². The maximum atomic E-state index is 12.2. The summed E-state index contributed by atoms with van der Waals surface area (Å²) in [4.78, 5) is 28.0. The fourth-order valence-corrected chi connectivity index (χ4v) is 2.20. The van der Waals surface area contributed by atoms with E-state index in [1.165, 1.54) is 6.20 Å². The molecule has 0 aliphatic heterocycles. The van der Waals surface area contributed by atoms with Crippen molar-refractivity contribution in [2.45, 2.75) is 45.6 Å². The second-order valence-electron chi connectivity index (χ2n) is 7.02. The number of alkyl carbamates (subject to hydrolysis) is 1. The van der Waals surface area contributed by atoms with E-state index in [-0.39, 0.29) is 13.2 Å². The number of nitrogens with zero attached hydrogens (tertiary/aromatic N) is 1. The van der Waals surface area contributed by atoms with Gasteiger partial charge in [-0.15, -0.1) is 0 Å². The fraction of sp³-hybridized carbons (Fsp3) is 0.350. The highest BCUT2D eigenvalue weighted by Gasteiger charge is 2.20. The Morgan fingerprint density at radius 1 is 1.15 bits per heavy atom. The third kappa shape index (κ3) is 7.07. The molecule has 7 heteroatoms. The summed E-state index contributed by atoms with van der Waals surface area (Å²) in [7, 11) is 0. The summed E-state index contributed by atoms with van der Waals surface area (Å²) in [5.74, 6) is -0.566. The van der Waals surface area contributed by atoms with E-state index in [0.29, 0.717) is 5.69 Å². The van der Waals surface area contributed by atoms with Gasteiger partial charge in [-0.1, -0.05) is 30.3 Å². The Balaban J connectivity index is 1.91. The average Bonchev–Trinajstić information content (AvgIpc) is 2.63. The number of rotatable bonds is 6. The van der Waals surface area contributed by atoms with Crippen LogP contribution in [0.5, 0.6) is 0 Å². The summed E-state index contributed by atoms with van der Waals surface area (Å²) in [6.45, 7) is 5.75. The van der Waals surface area contributed by atoms with Crippen molar-refractivity contribution < 1.29 is 19.1 Å². The summed E-state index contributed by atoms with van der Waals surface area (Å²) in [5.41, 5.74) is 7.39. The molecule has 2 aromatic rings. The summed E-state index contributed by atoms with van der Waals surface area (Å²) in [5, 5.41) is 2.65. The van der Waals surface area contributed by atoms with Crippen LogP contribution in [0.3, 0.4) is 0 Å². The number of hydrogen-bond acceptors (Lipinski definition) is 6. The van der Waals surface area contributed by atoms with Crippen molar-refractivity contribution in [1.82, 2.24) is 10.3 Å². The van der Waals surface area contributed by atoms with E-state index in [0.717, 1.165) is 11.1 Å². The Morgan fingerprint density at radius 2 is 1.85 bits per heavy atom. The maximum Gasteiger partial charge on any atom is 0.407 e. The number of ether oxygens (including phenoxy) is 2. The van der Waals surface area contributed by atoms with Gasteiger partial charge in [0.1, 0.15) is 18.2 Å². The van der Waals surface area contributed by atoms with Crippen LogP contribution in [0.15, 0.2) is 48.7 Å². The number of aromatic nitrogens is 1. The zero-order valence-electron chi connectivity index (χ0n) is 15.8. The molecule has 0 saturated heterocycles. The summed E-state index contributed by atoms with van der Waals surface area (Å²) >= 11 is 0. The molecule has 1 amide bonds. The number of esters is 1. The summed E-state index contributed by atoms with van der Waals surface area (Å²) < 4.78 is 10.4. The fourth-order valence-electron chi connectivity index (χ4n) is 2.20. The third-order valence-electron chi connectivity index (χ3n) is 3.48. The monoisotopic (exact) mass is 371 g/mol. The lowest BCUT2D eigenvalue weighted by Gasteiger charge is -2.19. The first-order valence-electron chi connectivity index (χ1n) is 8.62. The number of carbonyl (C=O) groups is 2. The second-order valence-corrected chi connectivity index (χ2v) is 7.02. The van der Waals surface area contributed by atoms with Gasteiger partial charge in [-0.05, 0) is 44.0 Å². The highest BCUT2D eigenvalue weighted by molar-refractivity contribution is 5.76. The molecule has 3 N–H and O–H groups in total. The van der Waals surface area contributed by atoms with Crippen molar-refractivity contribution in [3.63, 3.8) is 0 Å². The molecule has 27 heavy (non-hydrogen) atoms. The lowest BCUT2D eigenvalue weighted by Crippen LogP contribution is -2.32. The van der Waals surface area contributed by atoms with Crippen molar-refractivity contribution in [3.05, 3.63) is 65.5 Å². The van der Waals surface area contributed by atoms with E-state index in [1.54, 1.807) is 32.9 Å². The molecule has 1 unspecified atom stereocenters. The SMILES string of the molecule is CC(C)(C)OC(=O)NCc1ccnc(C(N)C(=O)OCc2ccccc2)c1. The van der Waals surface area contributed by atoms with Gasteiger partial charge >= 0.3 is 12.1 Å². The quantitative estimate of drug-likeness (QED) is 0.757. The Kier molecular flexibility index (Phi) is 6.90.